The Hall–Kier alpha value is 0.116. The Labute approximate surface area is 135 Å². The van der Waals surface area contributed by atoms with Gasteiger partial charge >= 0.3 is 57.6 Å². The third-order valence-electron chi connectivity index (χ3n) is 1.97. The first-order chi connectivity index (χ1) is 6.86. The quantitative estimate of drug-likeness (QED) is 0.597. The Balaban J connectivity index is 0.00000225. The van der Waals surface area contributed by atoms with Gasteiger partial charge in [-0.2, -0.15) is 13.2 Å². The largest absolute Gasteiger partial charge is 1.00 e. The fourth-order valence-electron chi connectivity index (χ4n) is 1.21. The number of nitrogens with one attached hydrogen (secondary N) is 1. The second-order valence-electron chi connectivity index (χ2n) is 3.08. The van der Waals surface area contributed by atoms with Crippen molar-refractivity contribution in [2.75, 3.05) is 7.05 Å². The van der Waals surface area contributed by atoms with E-state index in [0.29, 0.717) is 5.69 Å². The van der Waals surface area contributed by atoms with Gasteiger partial charge in [0.15, 0.2) is 0 Å². The fraction of sp³-hybridized carbons (Fsp3) is 0.300. The summed E-state index contributed by atoms with van der Waals surface area (Å²) in [4.78, 5) is 0. The summed E-state index contributed by atoms with van der Waals surface area (Å²) in [5.74, 6) is 0. The van der Waals surface area contributed by atoms with Crippen molar-refractivity contribution >= 4 is 11.4 Å². The maximum atomic E-state index is 12.4. The minimum Gasteiger partial charge on any atom is -0.686 e. The molecule has 0 amide bonds. The van der Waals surface area contributed by atoms with Crippen molar-refractivity contribution in [3.8, 4) is 0 Å². The second kappa shape index (κ2) is 6.16. The first-order valence-corrected chi connectivity index (χ1v) is 4.23. The van der Waals surface area contributed by atoms with Crippen molar-refractivity contribution < 1.29 is 64.6 Å². The van der Waals surface area contributed by atoms with Crippen LogP contribution in [0.2, 0.25) is 0 Å². The number of rotatable bonds is 2. The fourth-order valence-corrected chi connectivity index (χ4v) is 1.21. The first-order valence-electron chi connectivity index (χ1n) is 4.23. The van der Waals surface area contributed by atoms with Crippen molar-refractivity contribution in [2.45, 2.75) is 13.1 Å². The van der Waals surface area contributed by atoms with Gasteiger partial charge in [0.1, 0.15) is 0 Å². The van der Waals surface area contributed by atoms with Gasteiger partial charge in [-0.3, -0.25) is 0 Å². The van der Waals surface area contributed by atoms with Gasteiger partial charge in [-0.1, -0.05) is 12.1 Å². The van der Waals surface area contributed by atoms with Gasteiger partial charge < -0.3 is 10.7 Å². The van der Waals surface area contributed by atoms with Crippen LogP contribution in [0.3, 0.4) is 0 Å². The van der Waals surface area contributed by atoms with E-state index >= 15 is 0 Å². The second-order valence-corrected chi connectivity index (χ2v) is 3.08. The Bertz CT molecular complexity index is 388. The van der Waals surface area contributed by atoms with E-state index in [1.165, 1.54) is 20.0 Å². The van der Waals surface area contributed by atoms with E-state index in [4.69, 9.17) is 5.41 Å². The summed E-state index contributed by atoms with van der Waals surface area (Å²) in [5.41, 5.74) is -0.0685. The molecular formula is C10H10F3KN2. The molecule has 0 aromatic heterocycles. The molecule has 0 atom stereocenters. The topological polar surface area (TPSA) is 38.0 Å². The molecule has 0 aliphatic heterocycles. The van der Waals surface area contributed by atoms with E-state index in [2.05, 4.69) is 5.32 Å². The molecule has 1 aromatic carbocycles. The molecule has 2 nitrogen and oxygen atoms in total. The number of nitrogens with zero attached hydrogens (tertiary/aromatic N) is 1. The molecule has 6 heteroatoms. The van der Waals surface area contributed by atoms with Crippen LogP contribution in [0.25, 0.3) is 5.32 Å². The zero-order valence-corrected chi connectivity index (χ0v) is 12.4. The van der Waals surface area contributed by atoms with Crippen LogP contribution >= 0.6 is 0 Å². The predicted molar refractivity (Wildman–Crippen MR) is 52.9 cm³/mol. The van der Waals surface area contributed by atoms with Gasteiger partial charge in [-0.25, -0.2) is 0 Å². The van der Waals surface area contributed by atoms with E-state index in [1.54, 1.807) is 0 Å². The molecule has 0 radical (unpaired) electrons. The number of alkyl halides is 3. The molecule has 0 saturated heterocycles. The number of benzene rings is 1. The monoisotopic (exact) mass is 254 g/mol. The zero-order valence-electron chi connectivity index (χ0n) is 9.31. The molecule has 16 heavy (non-hydrogen) atoms. The Morgan fingerprint density at radius 2 is 1.88 bits per heavy atom. The average molecular weight is 254 g/mol. The third kappa shape index (κ3) is 3.85. The predicted octanol–water partition coefficient (Wildman–Crippen LogP) is 0.732. The van der Waals surface area contributed by atoms with Crippen LogP contribution in [0.4, 0.5) is 18.9 Å². The third-order valence-corrected chi connectivity index (χ3v) is 1.97. The van der Waals surface area contributed by atoms with Crippen molar-refractivity contribution in [1.82, 2.24) is 0 Å². The van der Waals surface area contributed by atoms with Crippen molar-refractivity contribution in [2.24, 2.45) is 0 Å². The SMILES string of the molecule is C[N-]c1ccc(C(F)(F)F)cc1C(C)=N.[K+]. The van der Waals surface area contributed by atoms with E-state index in [9.17, 15) is 13.2 Å². The van der Waals surface area contributed by atoms with Crippen molar-refractivity contribution in [1.29, 1.82) is 5.41 Å². The van der Waals surface area contributed by atoms with Crippen LogP contribution in [-0.2, 0) is 6.18 Å². The molecule has 1 N–H and O–H groups in total. The molecule has 1 aromatic rings. The van der Waals surface area contributed by atoms with Gasteiger partial charge in [-0.15, -0.1) is 12.7 Å². The van der Waals surface area contributed by atoms with Crippen LogP contribution in [-0.4, -0.2) is 12.8 Å². The van der Waals surface area contributed by atoms with Crippen LogP contribution in [0.1, 0.15) is 18.1 Å². The van der Waals surface area contributed by atoms with E-state index < -0.39 is 11.7 Å². The molecule has 0 bridgehead atoms. The number of hydrogen-bond acceptors (Lipinski definition) is 1. The summed E-state index contributed by atoms with van der Waals surface area (Å²) in [7, 11) is 1.48. The molecule has 0 heterocycles. The Kier molecular flexibility index (Phi) is 6.20. The standard InChI is InChI=1S/C10H10F3N2.K/c1-6(14)8-5-7(10(11,12)13)3-4-9(8)15-2;/h3-5,14H,1-2H3;/q-1;+1. The van der Waals surface area contributed by atoms with Crippen molar-refractivity contribution in [3.63, 3.8) is 0 Å². The summed E-state index contributed by atoms with van der Waals surface area (Å²) >= 11 is 0. The molecule has 0 unspecified atom stereocenters. The summed E-state index contributed by atoms with van der Waals surface area (Å²) in [6.45, 7) is 1.43. The smallest absolute Gasteiger partial charge is 0.686 e. The summed E-state index contributed by atoms with van der Waals surface area (Å²) in [6.07, 6.45) is -4.38. The van der Waals surface area contributed by atoms with Crippen LogP contribution in [0, 0.1) is 5.41 Å². The van der Waals surface area contributed by atoms with Gasteiger partial charge in [0.25, 0.3) is 0 Å². The van der Waals surface area contributed by atoms with Gasteiger partial charge in [0.05, 0.1) is 5.56 Å². The summed E-state index contributed by atoms with van der Waals surface area (Å²) < 4.78 is 37.1. The molecule has 0 saturated carbocycles. The minimum atomic E-state index is -4.38. The Morgan fingerprint density at radius 3 is 2.25 bits per heavy atom. The molecular weight excluding hydrogens is 244 g/mol. The molecule has 1 rings (SSSR count). The van der Waals surface area contributed by atoms with Gasteiger partial charge in [0.2, 0.25) is 0 Å². The summed E-state index contributed by atoms with van der Waals surface area (Å²) in [6, 6.07) is 3.19. The van der Waals surface area contributed by atoms with Gasteiger partial charge in [0, 0.05) is 5.71 Å². The van der Waals surface area contributed by atoms with E-state index in [1.807, 2.05) is 0 Å². The van der Waals surface area contributed by atoms with Crippen LogP contribution < -0.4 is 51.4 Å². The first kappa shape index (κ1) is 16.1. The molecule has 0 fully saturated rings. The summed E-state index contributed by atoms with van der Waals surface area (Å²) in [5, 5.41) is 11.2. The van der Waals surface area contributed by atoms with E-state index in [0.717, 1.165) is 12.1 Å². The van der Waals surface area contributed by atoms with Crippen LogP contribution in [0.5, 0.6) is 0 Å². The van der Waals surface area contributed by atoms with E-state index in [-0.39, 0.29) is 62.7 Å². The molecule has 82 valence electrons. The molecule has 0 aliphatic carbocycles. The number of hydrogen-bond donors (Lipinski definition) is 1. The number of halogens is 3. The zero-order chi connectivity index (χ0) is 11.6. The Morgan fingerprint density at radius 1 is 1.31 bits per heavy atom. The normalized spacial score (nSPS) is 10.6. The maximum absolute atomic E-state index is 12.4. The van der Waals surface area contributed by atoms with Crippen molar-refractivity contribution in [3.05, 3.63) is 34.6 Å². The molecule has 0 spiro atoms. The minimum absolute atomic E-state index is 0. The average Bonchev–Trinajstić information content (AvgIpc) is 2.15. The molecule has 0 aliphatic rings. The van der Waals surface area contributed by atoms with Gasteiger partial charge in [-0.05, 0) is 18.6 Å². The van der Waals surface area contributed by atoms with Crippen LogP contribution in [0.15, 0.2) is 18.2 Å². The maximum Gasteiger partial charge on any atom is 1.00 e.